The van der Waals surface area contributed by atoms with Crippen molar-refractivity contribution in [1.82, 2.24) is 0 Å². The zero-order valence-corrected chi connectivity index (χ0v) is 13.1. The van der Waals surface area contributed by atoms with Crippen LogP contribution in [0.5, 0.6) is 0 Å². The van der Waals surface area contributed by atoms with Crippen molar-refractivity contribution in [2.75, 3.05) is 17.8 Å². The topological polar surface area (TPSA) is 70.0 Å². The molecule has 0 saturated carbocycles. The molecule has 20 heavy (non-hydrogen) atoms. The average Bonchev–Trinajstić information content (AvgIpc) is 2.33. The number of hydrazone groups is 1. The molecule has 1 aromatic rings. The van der Waals surface area contributed by atoms with E-state index in [0.717, 1.165) is 5.69 Å². The first kappa shape index (κ1) is 16.7. The largest absolute Gasteiger partial charge is 0.286 e. The lowest BCUT2D eigenvalue weighted by Crippen LogP contribution is -2.31. The number of anilines is 1. The highest BCUT2D eigenvalue weighted by Crippen LogP contribution is 2.27. The van der Waals surface area contributed by atoms with E-state index < -0.39 is 15.5 Å². The highest BCUT2D eigenvalue weighted by atomic mass is 32.2. The summed E-state index contributed by atoms with van der Waals surface area (Å²) in [6, 6.07) is 9.65. The van der Waals surface area contributed by atoms with Crippen LogP contribution in [0.15, 0.2) is 35.4 Å². The number of hydrogen-bond donors (Lipinski definition) is 1. The molecule has 0 aliphatic heterocycles. The molecule has 0 saturated heterocycles. The Hall–Kier alpha value is -1.40. The molecule has 0 aromatic heterocycles. The second-order valence-electron chi connectivity index (χ2n) is 5.63. The maximum atomic E-state index is 11.0. The Labute approximate surface area is 121 Å². The summed E-state index contributed by atoms with van der Waals surface area (Å²) in [6.45, 7) is 5.47. The normalized spacial score (nSPS) is 14.4. The third kappa shape index (κ3) is 5.30. The van der Waals surface area contributed by atoms with Gasteiger partial charge in [0.15, 0.2) is 0 Å². The van der Waals surface area contributed by atoms with Crippen LogP contribution in [0.25, 0.3) is 0 Å². The summed E-state index contributed by atoms with van der Waals surface area (Å²) in [5, 5.41) is 6.04. The first-order valence-electron chi connectivity index (χ1n) is 6.40. The van der Waals surface area contributed by atoms with Gasteiger partial charge in [-0.2, -0.15) is 13.5 Å². The third-order valence-electron chi connectivity index (χ3n) is 3.38. The predicted octanol–water partition coefficient (Wildman–Crippen LogP) is 2.66. The molecule has 0 fully saturated rings. The molecule has 1 aromatic carbocycles. The van der Waals surface area contributed by atoms with Gasteiger partial charge in [0, 0.05) is 13.3 Å². The van der Waals surface area contributed by atoms with Gasteiger partial charge < -0.3 is 0 Å². The molecule has 1 atom stereocenters. The number of benzene rings is 1. The van der Waals surface area contributed by atoms with Crippen LogP contribution >= 0.6 is 0 Å². The fourth-order valence-corrected chi connectivity index (χ4v) is 2.92. The fourth-order valence-electron chi connectivity index (χ4n) is 1.71. The van der Waals surface area contributed by atoms with Crippen molar-refractivity contribution in [2.45, 2.75) is 20.8 Å². The Morgan fingerprint density at radius 2 is 1.90 bits per heavy atom. The van der Waals surface area contributed by atoms with Crippen LogP contribution in [0, 0.1) is 11.3 Å². The molecule has 0 aliphatic rings. The third-order valence-corrected chi connectivity index (χ3v) is 4.49. The van der Waals surface area contributed by atoms with E-state index in [2.05, 4.69) is 5.10 Å². The lowest BCUT2D eigenvalue weighted by molar-refractivity contribution is 0.328. The maximum Gasteiger partial charge on any atom is 0.265 e. The zero-order chi connectivity index (χ0) is 15.4. The molecule has 6 heteroatoms. The number of para-hydroxylation sites is 1. The molecule has 5 nitrogen and oxygen atoms in total. The minimum Gasteiger partial charge on any atom is -0.286 e. The molecule has 0 amide bonds. The molecular formula is C14H22N2O3S. The van der Waals surface area contributed by atoms with Crippen molar-refractivity contribution >= 4 is 22.0 Å². The quantitative estimate of drug-likeness (QED) is 0.498. The maximum absolute atomic E-state index is 11.0. The molecule has 0 aliphatic carbocycles. The van der Waals surface area contributed by atoms with Crippen molar-refractivity contribution in [1.29, 1.82) is 0 Å². The standard InChI is InChI=1S/C14H22N2O3S/c1-12(14(2,3)11-20(17,18)19)10-15-16(4)13-8-6-5-7-9-13/h5-10,12H,11H2,1-4H3,(H,17,18,19). The van der Waals surface area contributed by atoms with Gasteiger partial charge in [0.25, 0.3) is 10.1 Å². The van der Waals surface area contributed by atoms with Gasteiger partial charge in [-0.05, 0) is 23.5 Å². The SMILES string of the molecule is CC(C=NN(C)c1ccccc1)C(C)(C)CS(=O)(=O)O. The van der Waals surface area contributed by atoms with Gasteiger partial charge >= 0.3 is 0 Å². The summed E-state index contributed by atoms with van der Waals surface area (Å²) >= 11 is 0. The minimum atomic E-state index is -3.99. The first-order valence-corrected chi connectivity index (χ1v) is 8.01. The van der Waals surface area contributed by atoms with Crippen molar-refractivity contribution < 1.29 is 13.0 Å². The van der Waals surface area contributed by atoms with Gasteiger partial charge in [-0.3, -0.25) is 9.56 Å². The van der Waals surface area contributed by atoms with Crippen LogP contribution in [0.1, 0.15) is 20.8 Å². The second-order valence-corrected chi connectivity index (χ2v) is 7.08. The summed E-state index contributed by atoms with van der Waals surface area (Å²) in [6.07, 6.45) is 1.71. The van der Waals surface area contributed by atoms with E-state index in [1.807, 2.05) is 44.3 Å². The van der Waals surface area contributed by atoms with Gasteiger partial charge in [-0.1, -0.05) is 39.0 Å². The van der Waals surface area contributed by atoms with Crippen molar-refractivity contribution in [3.05, 3.63) is 30.3 Å². The predicted molar refractivity (Wildman–Crippen MR) is 82.7 cm³/mol. The van der Waals surface area contributed by atoms with Crippen LogP contribution < -0.4 is 5.01 Å². The Morgan fingerprint density at radius 1 is 1.35 bits per heavy atom. The van der Waals surface area contributed by atoms with E-state index >= 15 is 0 Å². The molecule has 0 spiro atoms. The summed E-state index contributed by atoms with van der Waals surface area (Å²) < 4.78 is 31.0. The van der Waals surface area contributed by atoms with E-state index in [-0.39, 0.29) is 11.7 Å². The molecule has 0 heterocycles. The Morgan fingerprint density at radius 3 is 2.40 bits per heavy atom. The molecule has 1 unspecified atom stereocenters. The monoisotopic (exact) mass is 298 g/mol. The highest BCUT2D eigenvalue weighted by Gasteiger charge is 2.30. The van der Waals surface area contributed by atoms with E-state index in [9.17, 15) is 8.42 Å². The molecular weight excluding hydrogens is 276 g/mol. The van der Waals surface area contributed by atoms with Crippen LogP contribution in [-0.2, 0) is 10.1 Å². The fraction of sp³-hybridized carbons (Fsp3) is 0.500. The minimum absolute atomic E-state index is 0.101. The summed E-state index contributed by atoms with van der Waals surface area (Å²) in [5.41, 5.74) is 0.359. The highest BCUT2D eigenvalue weighted by molar-refractivity contribution is 7.85. The first-order chi connectivity index (χ1) is 9.12. The Bertz CT molecular complexity index is 553. The van der Waals surface area contributed by atoms with Crippen LogP contribution in [0.2, 0.25) is 0 Å². The van der Waals surface area contributed by atoms with Crippen molar-refractivity contribution in [3.63, 3.8) is 0 Å². The molecule has 1 rings (SSSR count). The van der Waals surface area contributed by atoms with Crippen LogP contribution in [0.3, 0.4) is 0 Å². The van der Waals surface area contributed by atoms with E-state index in [1.54, 1.807) is 25.1 Å². The summed E-state index contributed by atoms with van der Waals surface area (Å²) in [7, 11) is -2.17. The smallest absolute Gasteiger partial charge is 0.265 e. The average molecular weight is 298 g/mol. The Balaban J connectivity index is 2.74. The van der Waals surface area contributed by atoms with Gasteiger partial charge in [-0.15, -0.1) is 0 Å². The van der Waals surface area contributed by atoms with Gasteiger partial charge in [-0.25, -0.2) is 0 Å². The lowest BCUT2D eigenvalue weighted by atomic mass is 9.83. The lowest BCUT2D eigenvalue weighted by Gasteiger charge is -2.28. The molecule has 112 valence electrons. The number of rotatable bonds is 6. The zero-order valence-electron chi connectivity index (χ0n) is 12.3. The van der Waals surface area contributed by atoms with Crippen molar-refractivity contribution in [2.24, 2.45) is 16.4 Å². The van der Waals surface area contributed by atoms with E-state index in [1.165, 1.54) is 0 Å². The van der Waals surface area contributed by atoms with E-state index in [0.29, 0.717) is 0 Å². The Kier molecular flexibility index (Phi) is 5.30. The van der Waals surface area contributed by atoms with E-state index in [4.69, 9.17) is 4.55 Å². The molecule has 0 radical (unpaired) electrons. The summed E-state index contributed by atoms with van der Waals surface area (Å²) in [5.74, 6) is -0.391. The summed E-state index contributed by atoms with van der Waals surface area (Å²) in [4.78, 5) is 0. The van der Waals surface area contributed by atoms with Gasteiger partial charge in [0.05, 0.1) is 11.4 Å². The number of nitrogens with zero attached hydrogens (tertiary/aromatic N) is 2. The van der Waals surface area contributed by atoms with Crippen LogP contribution in [-0.4, -0.2) is 32.0 Å². The van der Waals surface area contributed by atoms with Crippen molar-refractivity contribution in [3.8, 4) is 0 Å². The van der Waals surface area contributed by atoms with Gasteiger partial charge in [0.2, 0.25) is 0 Å². The number of hydrogen-bond acceptors (Lipinski definition) is 4. The van der Waals surface area contributed by atoms with Crippen LogP contribution in [0.4, 0.5) is 5.69 Å². The van der Waals surface area contributed by atoms with Gasteiger partial charge in [0.1, 0.15) is 0 Å². The molecule has 1 N–H and O–H groups in total. The molecule has 0 bridgehead atoms. The second kappa shape index (κ2) is 6.37.